The number of hydrogen-bond donors (Lipinski definition) is 0. The SMILES string of the molecule is O=C=NCCC12CCC(CC1)CC2N=C=O. The Bertz CT molecular complexity index is 346. The molecule has 1 atom stereocenters. The minimum absolute atomic E-state index is 0.104. The summed E-state index contributed by atoms with van der Waals surface area (Å²) in [6.45, 7) is 0.513. The van der Waals surface area contributed by atoms with Crippen LogP contribution in [0.15, 0.2) is 9.98 Å². The summed E-state index contributed by atoms with van der Waals surface area (Å²) in [6, 6.07) is 0.111. The third-order valence-electron chi connectivity index (χ3n) is 4.36. The smallest absolute Gasteiger partial charge is 0.211 e. The van der Waals surface area contributed by atoms with Crippen molar-refractivity contribution >= 4 is 12.2 Å². The maximum absolute atomic E-state index is 10.4. The van der Waals surface area contributed by atoms with Gasteiger partial charge in [-0.15, -0.1) is 0 Å². The Morgan fingerprint density at radius 3 is 2.56 bits per heavy atom. The normalized spacial score (nSPS) is 36.2. The molecule has 0 aromatic rings. The molecule has 3 aliphatic rings. The van der Waals surface area contributed by atoms with E-state index in [1.807, 2.05) is 0 Å². The number of isocyanates is 2. The highest BCUT2D eigenvalue weighted by atomic mass is 16.1. The van der Waals surface area contributed by atoms with Gasteiger partial charge in [-0.1, -0.05) is 0 Å². The van der Waals surface area contributed by atoms with E-state index >= 15 is 0 Å². The predicted molar refractivity (Wildman–Crippen MR) is 58.5 cm³/mol. The highest BCUT2D eigenvalue weighted by Gasteiger charge is 2.47. The topological polar surface area (TPSA) is 58.9 Å². The molecule has 0 amide bonds. The Balaban J connectivity index is 2.11. The molecule has 3 fully saturated rings. The minimum atomic E-state index is 0.104. The molecule has 0 saturated heterocycles. The zero-order chi connectivity index (χ0) is 11.4. The summed E-state index contributed by atoms with van der Waals surface area (Å²) >= 11 is 0. The number of rotatable bonds is 4. The summed E-state index contributed by atoms with van der Waals surface area (Å²) in [4.78, 5) is 28.1. The van der Waals surface area contributed by atoms with Gasteiger partial charge in [0.05, 0.1) is 12.6 Å². The van der Waals surface area contributed by atoms with Crippen LogP contribution in [0.3, 0.4) is 0 Å². The van der Waals surface area contributed by atoms with Crippen molar-refractivity contribution in [2.75, 3.05) is 6.54 Å². The average Bonchev–Trinajstić information content (AvgIpc) is 2.32. The molecule has 0 radical (unpaired) electrons. The van der Waals surface area contributed by atoms with E-state index < -0.39 is 0 Å². The highest BCUT2D eigenvalue weighted by Crippen LogP contribution is 2.53. The van der Waals surface area contributed by atoms with Crippen molar-refractivity contribution in [1.29, 1.82) is 0 Å². The summed E-state index contributed by atoms with van der Waals surface area (Å²) in [5, 5.41) is 0. The van der Waals surface area contributed by atoms with Crippen LogP contribution in [0.2, 0.25) is 0 Å². The molecule has 86 valence electrons. The van der Waals surface area contributed by atoms with E-state index in [-0.39, 0.29) is 11.5 Å². The van der Waals surface area contributed by atoms with Crippen LogP contribution < -0.4 is 0 Å². The van der Waals surface area contributed by atoms with Crippen molar-refractivity contribution in [3.63, 3.8) is 0 Å². The molecular weight excluding hydrogens is 204 g/mol. The molecule has 4 heteroatoms. The van der Waals surface area contributed by atoms with E-state index in [9.17, 15) is 9.59 Å². The van der Waals surface area contributed by atoms with E-state index in [2.05, 4.69) is 9.98 Å². The molecule has 16 heavy (non-hydrogen) atoms. The predicted octanol–water partition coefficient (Wildman–Crippen LogP) is 2.00. The summed E-state index contributed by atoms with van der Waals surface area (Å²) in [5.74, 6) is 0.735. The highest BCUT2D eigenvalue weighted by molar-refractivity contribution is 5.34. The largest absolute Gasteiger partial charge is 0.235 e. The fourth-order valence-electron chi connectivity index (χ4n) is 3.38. The Morgan fingerprint density at radius 2 is 1.94 bits per heavy atom. The van der Waals surface area contributed by atoms with Gasteiger partial charge < -0.3 is 0 Å². The Kier molecular flexibility index (Phi) is 3.33. The van der Waals surface area contributed by atoms with Crippen molar-refractivity contribution < 1.29 is 9.59 Å². The third kappa shape index (κ3) is 1.99. The van der Waals surface area contributed by atoms with Crippen LogP contribution in [-0.4, -0.2) is 24.7 Å². The first-order valence-corrected chi connectivity index (χ1v) is 5.91. The second-order valence-electron chi connectivity index (χ2n) is 5.00. The fourth-order valence-corrected chi connectivity index (χ4v) is 3.38. The molecule has 3 saturated carbocycles. The van der Waals surface area contributed by atoms with Gasteiger partial charge in [-0.25, -0.2) is 19.6 Å². The van der Waals surface area contributed by atoms with Crippen molar-refractivity contribution in [3.05, 3.63) is 0 Å². The van der Waals surface area contributed by atoms with Gasteiger partial charge in [0, 0.05) is 0 Å². The van der Waals surface area contributed by atoms with Crippen molar-refractivity contribution in [2.45, 2.75) is 44.6 Å². The quantitative estimate of drug-likeness (QED) is 0.537. The average molecular weight is 220 g/mol. The van der Waals surface area contributed by atoms with Crippen molar-refractivity contribution in [3.8, 4) is 0 Å². The molecule has 0 aromatic carbocycles. The van der Waals surface area contributed by atoms with Crippen molar-refractivity contribution in [1.82, 2.24) is 0 Å². The van der Waals surface area contributed by atoms with Crippen molar-refractivity contribution in [2.24, 2.45) is 21.3 Å². The van der Waals surface area contributed by atoms with Gasteiger partial charge in [-0.05, 0) is 49.9 Å². The second-order valence-corrected chi connectivity index (χ2v) is 5.00. The number of nitrogens with zero attached hydrogens (tertiary/aromatic N) is 2. The molecule has 2 bridgehead atoms. The first-order chi connectivity index (χ1) is 7.80. The van der Waals surface area contributed by atoms with Crippen LogP contribution in [0, 0.1) is 11.3 Å². The van der Waals surface area contributed by atoms with E-state index in [1.165, 1.54) is 12.8 Å². The van der Waals surface area contributed by atoms with Gasteiger partial charge in [0.1, 0.15) is 0 Å². The van der Waals surface area contributed by atoms with E-state index in [4.69, 9.17) is 0 Å². The standard InChI is InChI=1S/C12H16N2O2/c15-8-13-6-5-12-3-1-10(2-4-12)7-11(12)14-9-16/h10-11H,1-7H2. The number of fused-ring (bicyclic) bond motifs is 3. The zero-order valence-electron chi connectivity index (χ0n) is 9.32. The van der Waals surface area contributed by atoms with Crippen LogP contribution >= 0.6 is 0 Å². The maximum Gasteiger partial charge on any atom is 0.235 e. The molecule has 0 aliphatic heterocycles. The molecule has 0 heterocycles. The van der Waals surface area contributed by atoms with E-state index in [0.29, 0.717) is 6.54 Å². The van der Waals surface area contributed by atoms with Gasteiger partial charge in [-0.2, -0.15) is 0 Å². The Morgan fingerprint density at radius 1 is 1.19 bits per heavy atom. The second kappa shape index (κ2) is 4.73. The van der Waals surface area contributed by atoms with Crippen LogP contribution in [0.25, 0.3) is 0 Å². The molecule has 3 aliphatic carbocycles. The monoisotopic (exact) mass is 220 g/mol. The molecule has 1 unspecified atom stereocenters. The van der Waals surface area contributed by atoms with Gasteiger partial charge >= 0.3 is 0 Å². The maximum atomic E-state index is 10.4. The molecule has 0 N–H and O–H groups in total. The Labute approximate surface area is 94.9 Å². The first kappa shape index (κ1) is 11.3. The summed E-state index contributed by atoms with van der Waals surface area (Å²) in [6.07, 6.45) is 9.84. The lowest BCUT2D eigenvalue weighted by Crippen LogP contribution is -2.45. The van der Waals surface area contributed by atoms with Crippen LogP contribution in [0.1, 0.15) is 38.5 Å². The lowest BCUT2D eigenvalue weighted by molar-refractivity contribution is 0.0352. The number of hydrogen-bond acceptors (Lipinski definition) is 4. The molecule has 0 spiro atoms. The van der Waals surface area contributed by atoms with Crippen LogP contribution in [0.4, 0.5) is 0 Å². The summed E-state index contributed by atoms with van der Waals surface area (Å²) in [7, 11) is 0. The van der Waals surface area contributed by atoms with Crippen LogP contribution in [-0.2, 0) is 9.59 Å². The number of aliphatic imine (C=N–C) groups is 2. The third-order valence-corrected chi connectivity index (χ3v) is 4.36. The summed E-state index contributed by atoms with van der Waals surface area (Å²) in [5.41, 5.74) is 0.104. The van der Waals surface area contributed by atoms with Gasteiger partial charge in [0.15, 0.2) is 0 Å². The van der Waals surface area contributed by atoms with Gasteiger partial charge in [0.2, 0.25) is 12.2 Å². The number of carbonyl (C=O) groups excluding carboxylic acids is 2. The van der Waals surface area contributed by atoms with E-state index in [0.717, 1.165) is 31.6 Å². The van der Waals surface area contributed by atoms with E-state index in [1.54, 1.807) is 12.2 Å². The van der Waals surface area contributed by atoms with Gasteiger partial charge in [-0.3, -0.25) is 0 Å². The first-order valence-electron chi connectivity index (χ1n) is 5.91. The minimum Gasteiger partial charge on any atom is -0.211 e. The lowest BCUT2D eigenvalue weighted by Gasteiger charge is -2.50. The molecular formula is C12H16N2O2. The van der Waals surface area contributed by atoms with Gasteiger partial charge in [0.25, 0.3) is 0 Å². The molecule has 3 rings (SSSR count). The van der Waals surface area contributed by atoms with Crippen LogP contribution in [0.5, 0.6) is 0 Å². The molecule has 4 nitrogen and oxygen atoms in total. The zero-order valence-corrected chi connectivity index (χ0v) is 9.32. The Hall–Kier alpha value is -1.24. The lowest BCUT2D eigenvalue weighted by atomic mass is 9.57. The fraction of sp³-hybridized carbons (Fsp3) is 0.833. The molecule has 0 aromatic heterocycles. The summed E-state index contributed by atoms with van der Waals surface area (Å²) < 4.78 is 0.